The second-order valence-corrected chi connectivity index (χ2v) is 5.20. The van der Waals surface area contributed by atoms with Gasteiger partial charge in [0.05, 0.1) is 17.6 Å². The number of nitrogens with zero attached hydrogens (tertiary/aromatic N) is 2. The van der Waals surface area contributed by atoms with E-state index in [0.717, 1.165) is 0 Å². The number of hydrogen-bond donors (Lipinski definition) is 1. The van der Waals surface area contributed by atoms with Crippen molar-refractivity contribution in [2.75, 3.05) is 13.1 Å². The Morgan fingerprint density at radius 3 is 2.57 bits per heavy atom. The molecule has 1 aliphatic heterocycles. The molecule has 1 heterocycles. The summed E-state index contributed by atoms with van der Waals surface area (Å²) < 4.78 is 5.25. The van der Waals surface area contributed by atoms with E-state index in [9.17, 15) is 19.7 Å². The third-order valence-corrected chi connectivity index (χ3v) is 3.37. The maximum Gasteiger partial charge on any atom is 0.334 e. The normalized spacial score (nSPS) is 21.3. The van der Waals surface area contributed by atoms with Crippen LogP contribution in [-0.4, -0.2) is 52.1 Å². The maximum absolute atomic E-state index is 12.1. The van der Waals surface area contributed by atoms with E-state index in [2.05, 4.69) is 0 Å². The first-order valence-electron chi connectivity index (χ1n) is 6.96. The van der Waals surface area contributed by atoms with Gasteiger partial charge in [-0.15, -0.1) is 0 Å². The van der Waals surface area contributed by atoms with Gasteiger partial charge in [-0.3, -0.25) is 14.9 Å². The summed E-state index contributed by atoms with van der Waals surface area (Å²) >= 11 is 0. The Labute approximate surface area is 132 Å². The minimum Gasteiger partial charge on any atom is -0.479 e. The van der Waals surface area contributed by atoms with Crippen molar-refractivity contribution in [3.05, 3.63) is 46.0 Å². The lowest BCUT2D eigenvalue weighted by Crippen LogP contribution is -2.51. The zero-order valence-electron chi connectivity index (χ0n) is 12.4. The van der Waals surface area contributed by atoms with Crippen molar-refractivity contribution >= 4 is 23.6 Å². The zero-order chi connectivity index (χ0) is 17.0. The smallest absolute Gasteiger partial charge is 0.334 e. The first-order chi connectivity index (χ1) is 10.9. The fourth-order valence-corrected chi connectivity index (χ4v) is 2.25. The number of carbonyl (C=O) groups excluding carboxylic acids is 1. The molecule has 1 fully saturated rings. The molecule has 23 heavy (non-hydrogen) atoms. The van der Waals surface area contributed by atoms with Gasteiger partial charge in [0.2, 0.25) is 5.91 Å². The van der Waals surface area contributed by atoms with Crippen molar-refractivity contribution in [2.24, 2.45) is 0 Å². The molecular formula is C15H16N2O6. The van der Waals surface area contributed by atoms with E-state index in [1.807, 2.05) is 0 Å². The summed E-state index contributed by atoms with van der Waals surface area (Å²) in [5.74, 6) is -1.43. The zero-order valence-corrected chi connectivity index (χ0v) is 12.4. The molecule has 1 unspecified atom stereocenters. The number of nitro groups is 1. The summed E-state index contributed by atoms with van der Waals surface area (Å²) in [4.78, 5) is 34.6. The molecule has 122 valence electrons. The Hall–Kier alpha value is -2.74. The fraction of sp³-hybridized carbons (Fsp3) is 0.333. The molecule has 0 radical (unpaired) electrons. The van der Waals surface area contributed by atoms with Gasteiger partial charge in [-0.25, -0.2) is 4.79 Å². The molecule has 2 atom stereocenters. The molecule has 1 saturated heterocycles. The maximum atomic E-state index is 12.1. The fourth-order valence-electron chi connectivity index (χ4n) is 2.25. The van der Waals surface area contributed by atoms with Gasteiger partial charge in [-0.1, -0.05) is 0 Å². The topological polar surface area (TPSA) is 110 Å². The summed E-state index contributed by atoms with van der Waals surface area (Å²) in [5.41, 5.74) is 0.611. The van der Waals surface area contributed by atoms with Crippen LogP contribution in [0, 0.1) is 10.1 Å². The molecular weight excluding hydrogens is 304 g/mol. The van der Waals surface area contributed by atoms with Gasteiger partial charge in [0, 0.05) is 24.8 Å². The molecule has 1 aliphatic rings. The van der Waals surface area contributed by atoms with Crippen molar-refractivity contribution in [1.29, 1.82) is 0 Å². The number of benzene rings is 1. The number of carboxylic acid groups (broad SMARTS) is 1. The Bertz CT molecular complexity index is 640. The van der Waals surface area contributed by atoms with E-state index in [0.29, 0.717) is 12.1 Å². The number of carboxylic acids is 1. The molecule has 8 nitrogen and oxygen atoms in total. The molecule has 1 aromatic carbocycles. The van der Waals surface area contributed by atoms with E-state index in [-0.39, 0.29) is 24.2 Å². The van der Waals surface area contributed by atoms with Crippen LogP contribution in [0.25, 0.3) is 6.08 Å². The Balaban J connectivity index is 2.02. The number of morpholine rings is 1. The van der Waals surface area contributed by atoms with E-state index in [1.165, 1.54) is 41.3 Å². The lowest BCUT2D eigenvalue weighted by atomic mass is 10.1. The monoisotopic (exact) mass is 320 g/mol. The Morgan fingerprint density at radius 1 is 1.35 bits per heavy atom. The predicted molar refractivity (Wildman–Crippen MR) is 80.7 cm³/mol. The van der Waals surface area contributed by atoms with Gasteiger partial charge < -0.3 is 14.7 Å². The average molecular weight is 320 g/mol. The number of ether oxygens (including phenoxy) is 1. The van der Waals surface area contributed by atoms with E-state index in [1.54, 1.807) is 6.92 Å². The molecule has 2 rings (SSSR count). The minimum atomic E-state index is -1.10. The highest BCUT2D eigenvalue weighted by Gasteiger charge is 2.31. The Kier molecular flexibility index (Phi) is 5.07. The van der Waals surface area contributed by atoms with Crippen LogP contribution < -0.4 is 0 Å². The standard InChI is InChI=1S/C15H16N2O6/c1-10-8-16(9-13(23-10)15(19)20)14(18)7-4-11-2-5-12(6-3-11)17(21)22/h2-7,10,13H,8-9H2,1H3,(H,19,20)/b7-4+/t10-,13?/m1/s1. The quantitative estimate of drug-likeness (QED) is 0.509. The minimum absolute atomic E-state index is 0.0108. The molecule has 1 N–H and O–H groups in total. The van der Waals surface area contributed by atoms with Gasteiger partial charge in [-0.2, -0.15) is 0 Å². The lowest BCUT2D eigenvalue weighted by Gasteiger charge is -2.34. The van der Waals surface area contributed by atoms with Crippen LogP contribution in [0.2, 0.25) is 0 Å². The molecule has 0 aromatic heterocycles. The van der Waals surface area contributed by atoms with Gasteiger partial charge in [0.25, 0.3) is 5.69 Å². The van der Waals surface area contributed by atoms with Crippen molar-refractivity contribution < 1.29 is 24.4 Å². The number of amides is 1. The van der Waals surface area contributed by atoms with E-state index < -0.39 is 17.0 Å². The number of non-ortho nitro benzene ring substituents is 1. The summed E-state index contributed by atoms with van der Waals surface area (Å²) in [6, 6.07) is 5.76. The largest absolute Gasteiger partial charge is 0.479 e. The highest BCUT2D eigenvalue weighted by atomic mass is 16.6. The number of aliphatic carboxylic acids is 1. The summed E-state index contributed by atoms with van der Waals surface area (Å²) in [7, 11) is 0. The van der Waals surface area contributed by atoms with E-state index in [4.69, 9.17) is 9.84 Å². The second kappa shape index (κ2) is 7.01. The third kappa shape index (κ3) is 4.36. The van der Waals surface area contributed by atoms with Gasteiger partial charge in [-0.05, 0) is 30.7 Å². The van der Waals surface area contributed by atoms with Gasteiger partial charge in [0.15, 0.2) is 6.10 Å². The molecule has 8 heteroatoms. The second-order valence-electron chi connectivity index (χ2n) is 5.20. The van der Waals surface area contributed by atoms with Crippen LogP contribution in [0.3, 0.4) is 0 Å². The first-order valence-corrected chi connectivity index (χ1v) is 6.96. The molecule has 0 aliphatic carbocycles. The third-order valence-electron chi connectivity index (χ3n) is 3.37. The molecule has 1 aromatic rings. The van der Waals surface area contributed by atoms with Crippen LogP contribution in [0.4, 0.5) is 5.69 Å². The average Bonchev–Trinajstić information content (AvgIpc) is 2.52. The molecule has 0 bridgehead atoms. The van der Waals surface area contributed by atoms with Crippen molar-refractivity contribution in [1.82, 2.24) is 4.90 Å². The van der Waals surface area contributed by atoms with Crippen molar-refractivity contribution in [3.63, 3.8) is 0 Å². The highest BCUT2D eigenvalue weighted by Crippen LogP contribution is 2.15. The molecule has 0 spiro atoms. The van der Waals surface area contributed by atoms with Crippen molar-refractivity contribution in [3.8, 4) is 0 Å². The van der Waals surface area contributed by atoms with Gasteiger partial charge >= 0.3 is 5.97 Å². The van der Waals surface area contributed by atoms with Gasteiger partial charge in [0.1, 0.15) is 0 Å². The summed E-state index contributed by atoms with van der Waals surface area (Å²) in [6.07, 6.45) is 1.46. The summed E-state index contributed by atoms with van der Waals surface area (Å²) in [5, 5.41) is 19.6. The van der Waals surface area contributed by atoms with Crippen LogP contribution in [-0.2, 0) is 14.3 Å². The van der Waals surface area contributed by atoms with Crippen molar-refractivity contribution in [2.45, 2.75) is 19.1 Å². The van der Waals surface area contributed by atoms with Crippen LogP contribution in [0.15, 0.2) is 30.3 Å². The number of nitro benzene ring substituents is 1. The van der Waals surface area contributed by atoms with Crippen LogP contribution in [0.1, 0.15) is 12.5 Å². The first kappa shape index (κ1) is 16.6. The number of hydrogen-bond acceptors (Lipinski definition) is 5. The number of rotatable bonds is 4. The Morgan fingerprint density at radius 2 is 2.00 bits per heavy atom. The molecule has 0 saturated carbocycles. The predicted octanol–water partition coefficient (Wildman–Crippen LogP) is 1.31. The lowest BCUT2D eigenvalue weighted by molar-refractivity contribution is -0.384. The van der Waals surface area contributed by atoms with Crippen LogP contribution in [0.5, 0.6) is 0 Å². The summed E-state index contributed by atoms with van der Waals surface area (Å²) in [6.45, 7) is 2.01. The molecule has 1 amide bonds. The highest BCUT2D eigenvalue weighted by molar-refractivity contribution is 5.92. The number of carbonyl (C=O) groups is 2. The SMILES string of the molecule is C[C@@H]1CN(C(=O)/C=C/c2ccc([N+](=O)[O-])cc2)CC(C(=O)O)O1. The van der Waals surface area contributed by atoms with E-state index >= 15 is 0 Å². The van der Waals surface area contributed by atoms with Crippen LogP contribution >= 0.6 is 0 Å².